The highest BCUT2D eigenvalue weighted by atomic mass is 32.1. The summed E-state index contributed by atoms with van der Waals surface area (Å²) in [6.45, 7) is 0. The first kappa shape index (κ1) is 9.86. The molecule has 0 aliphatic heterocycles. The Balaban J connectivity index is 2.15. The summed E-state index contributed by atoms with van der Waals surface area (Å²) in [7, 11) is 0. The monoisotopic (exact) mass is 222 g/mol. The smallest absolute Gasteiger partial charge is 0.356 e. The van der Waals surface area contributed by atoms with Crippen LogP contribution in [-0.4, -0.2) is 5.97 Å². The maximum Gasteiger partial charge on any atom is 0.356 e. The summed E-state index contributed by atoms with van der Waals surface area (Å²) in [5.41, 5.74) is 0. The number of para-hydroxylation sites is 1. The first-order valence-electron chi connectivity index (χ1n) is 4.27. The molecule has 1 aromatic carbocycles. The summed E-state index contributed by atoms with van der Waals surface area (Å²) < 4.78 is 18.0. The minimum Gasteiger partial charge on any atom is -0.422 e. The molecule has 0 fully saturated rings. The molecule has 0 radical (unpaired) electrons. The molecule has 0 unspecified atom stereocenters. The lowest BCUT2D eigenvalue weighted by atomic mass is 10.3. The molecule has 0 bridgehead atoms. The van der Waals surface area contributed by atoms with Gasteiger partial charge in [-0.1, -0.05) is 18.2 Å². The minimum atomic E-state index is -0.659. The van der Waals surface area contributed by atoms with Gasteiger partial charge in [0.1, 0.15) is 16.4 Å². The normalized spacial score (nSPS) is 9.93. The molecule has 76 valence electrons. The highest BCUT2D eigenvalue weighted by molar-refractivity contribution is 7.12. The summed E-state index contributed by atoms with van der Waals surface area (Å²) in [6, 6.07) is 9.82. The van der Waals surface area contributed by atoms with E-state index in [-0.39, 0.29) is 4.88 Å². The Morgan fingerprint density at radius 3 is 2.53 bits per heavy atom. The van der Waals surface area contributed by atoms with E-state index in [4.69, 9.17) is 4.74 Å². The molecule has 0 N–H and O–H groups in total. The lowest BCUT2D eigenvalue weighted by Crippen LogP contribution is -2.07. The molecule has 2 aromatic rings. The van der Waals surface area contributed by atoms with Crippen LogP contribution in [0.2, 0.25) is 0 Å². The molecule has 0 aliphatic carbocycles. The van der Waals surface area contributed by atoms with Crippen molar-refractivity contribution in [2.75, 3.05) is 0 Å². The lowest BCUT2D eigenvalue weighted by molar-refractivity contribution is 0.0735. The predicted molar refractivity (Wildman–Crippen MR) is 55.7 cm³/mol. The van der Waals surface area contributed by atoms with Crippen LogP contribution in [0.1, 0.15) is 9.67 Å². The lowest BCUT2D eigenvalue weighted by Gasteiger charge is -2.01. The Labute approximate surface area is 89.9 Å². The van der Waals surface area contributed by atoms with Gasteiger partial charge in [0.15, 0.2) is 0 Å². The molecule has 0 amide bonds. The molecule has 0 atom stereocenters. The van der Waals surface area contributed by atoms with Crippen molar-refractivity contribution in [3.05, 3.63) is 52.5 Å². The highest BCUT2D eigenvalue weighted by Gasteiger charge is 2.15. The fourth-order valence-corrected chi connectivity index (χ4v) is 1.72. The van der Waals surface area contributed by atoms with Crippen molar-refractivity contribution in [2.24, 2.45) is 0 Å². The van der Waals surface area contributed by atoms with Crippen molar-refractivity contribution in [2.45, 2.75) is 0 Å². The van der Waals surface area contributed by atoms with E-state index in [1.54, 1.807) is 24.3 Å². The number of hydrogen-bond donors (Lipinski definition) is 0. The minimum absolute atomic E-state index is 0.00106. The largest absolute Gasteiger partial charge is 0.422 e. The zero-order chi connectivity index (χ0) is 10.7. The average molecular weight is 222 g/mol. The van der Waals surface area contributed by atoms with Crippen LogP contribution in [0.4, 0.5) is 4.39 Å². The number of esters is 1. The number of rotatable bonds is 2. The van der Waals surface area contributed by atoms with Crippen LogP contribution in [-0.2, 0) is 0 Å². The quantitative estimate of drug-likeness (QED) is 0.576. The van der Waals surface area contributed by atoms with Crippen LogP contribution in [0.5, 0.6) is 5.75 Å². The first-order valence-corrected chi connectivity index (χ1v) is 5.15. The zero-order valence-corrected chi connectivity index (χ0v) is 8.46. The van der Waals surface area contributed by atoms with Gasteiger partial charge in [-0.2, -0.15) is 0 Å². The number of carbonyl (C=O) groups excluding carboxylic acids is 1. The summed E-state index contributed by atoms with van der Waals surface area (Å²) in [5, 5.41) is 1.51. The molecule has 0 saturated heterocycles. The fraction of sp³-hybridized carbons (Fsp3) is 0. The molecule has 0 spiro atoms. The molecule has 0 aliphatic rings. The van der Waals surface area contributed by atoms with E-state index < -0.39 is 11.8 Å². The van der Waals surface area contributed by atoms with Gasteiger partial charge in [0, 0.05) is 0 Å². The van der Waals surface area contributed by atoms with Gasteiger partial charge in [-0.05, 0) is 23.6 Å². The fourth-order valence-electron chi connectivity index (χ4n) is 1.08. The van der Waals surface area contributed by atoms with Gasteiger partial charge >= 0.3 is 5.97 Å². The zero-order valence-electron chi connectivity index (χ0n) is 7.64. The average Bonchev–Trinajstić information content (AvgIpc) is 2.66. The van der Waals surface area contributed by atoms with Crippen molar-refractivity contribution in [3.8, 4) is 5.75 Å². The van der Waals surface area contributed by atoms with E-state index in [0.29, 0.717) is 5.75 Å². The van der Waals surface area contributed by atoms with Crippen molar-refractivity contribution in [3.63, 3.8) is 0 Å². The molecule has 2 nitrogen and oxygen atoms in total. The molecule has 2 rings (SSSR count). The third-order valence-electron chi connectivity index (χ3n) is 1.76. The number of carbonyl (C=O) groups is 1. The van der Waals surface area contributed by atoms with Crippen LogP contribution in [0.15, 0.2) is 41.8 Å². The van der Waals surface area contributed by atoms with Crippen molar-refractivity contribution >= 4 is 17.3 Å². The Morgan fingerprint density at radius 2 is 1.93 bits per heavy atom. The maximum absolute atomic E-state index is 13.0. The van der Waals surface area contributed by atoms with Crippen LogP contribution < -0.4 is 4.74 Å². The third kappa shape index (κ3) is 2.22. The SMILES string of the molecule is O=C(Oc1ccccc1)c1sccc1F. The Bertz CT molecular complexity index is 464. The number of halogens is 1. The van der Waals surface area contributed by atoms with Crippen LogP contribution in [0, 0.1) is 5.82 Å². The second-order valence-electron chi connectivity index (χ2n) is 2.80. The summed E-state index contributed by atoms with van der Waals surface area (Å²) in [5.74, 6) is -0.787. The van der Waals surface area contributed by atoms with Gasteiger partial charge < -0.3 is 4.74 Å². The Hall–Kier alpha value is -1.68. The number of benzene rings is 1. The molecular formula is C11H7FO2S. The molecule has 1 heterocycles. The summed E-state index contributed by atoms with van der Waals surface area (Å²) in [6.07, 6.45) is 0. The van der Waals surface area contributed by atoms with Crippen LogP contribution >= 0.6 is 11.3 Å². The first-order chi connectivity index (χ1) is 7.27. The van der Waals surface area contributed by atoms with E-state index in [0.717, 1.165) is 11.3 Å². The van der Waals surface area contributed by atoms with Gasteiger partial charge in [0.05, 0.1) is 0 Å². The van der Waals surface area contributed by atoms with E-state index in [2.05, 4.69) is 0 Å². The van der Waals surface area contributed by atoms with E-state index in [1.165, 1.54) is 11.4 Å². The third-order valence-corrected chi connectivity index (χ3v) is 2.63. The van der Waals surface area contributed by atoms with Crippen molar-refractivity contribution in [1.82, 2.24) is 0 Å². The highest BCUT2D eigenvalue weighted by Crippen LogP contribution is 2.18. The van der Waals surface area contributed by atoms with Crippen LogP contribution in [0.3, 0.4) is 0 Å². The number of ether oxygens (including phenoxy) is 1. The summed E-state index contributed by atoms with van der Waals surface area (Å²) in [4.78, 5) is 11.4. The number of hydrogen-bond acceptors (Lipinski definition) is 3. The Morgan fingerprint density at radius 1 is 1.20 bits per heavy atom. The number of thiophene rings is 1. The molecular weight excluding hydrogens is 215 g/mol. The van der Waals surface area contributed by atoms with Gasteiger partial charge in [-0.3, -0.25) is 0 Å². The van der Waals surface area contributed by atoms with Gasteiger partial charge in [0.2, 0.25) is 0 Å². The summed E-state index contributed by atoms with van der Waals surface area (Å²) >= 11 is 1.03. The maximum atomic E-state index is 13.0. The van der Waals surface area contributed by atoms with Crippen LogP contribution in [0.25, 0.3) is 0 Å². The Kier molecular flexibility index (Phi) is 2.78. The van der Waals surface area contributed by atoms with Gasteiger partial charge in [0.25, 0.3) is 0 Å². The molecule has 4 heteroatoms. The van der Waals surface area contributed by atoms with E-state index in [1.807, 2.05) is 6.07 Å². The molecule has 0 saturated carbocycles. The topological polar surface area (TPSA) is 26.3 Å². The van der Waals surface area contributed by atoms with E-state index in [9.17, 15) is 9.18 Å². The van der Waals surface area contributed by atoms with Crippen molar-refractivity contribution < 1.29 is 13.9 Å². The molecule has 1 aromatic heterocycles. The van der Waals surface area contributed by atoms with Crippen molar-refractivity contribution in [1.29, 1.82) is 0 Å². The molecule has 15 heavy (non-hydrogen) atoms. The van der Waals surface area contributed by atoms with Gasteiger partial charge in [-0.15, -0.1) is 11.3 Å². The standard InChI is InChI=1S/C11H7FO2S/c12-9-6-7-15-10(9)11(13)14-8-4-2-1-3-5-8/h1-7H. The second kappa shape index (κ2) is 4.23. The second-order valence-corrected chi connectivity index (χ2v) is 3.72. The van der Waals surface area contributed by atoms with Gasteiger partial charge in [-0.25, -0.2) is 9.18 Å². The predicted octanol–water partition coefficient (Wildman–Crippen LogP) is 3.11. The van der Waals surface area contributed by atoms with E-state index >= 15 is 0 Å².